The van der Waals surface area contributed by atoms with Gasteiger partial charge in [0, 0.05) is 38.7 Å². The molecule has 0 unspecified atom stereocenters. The third-order valence-electron chi connectivity index (χ3n) is 4.33. The van der Waals surface area contributed by atoms with Gasteiger partial charge in [-0.3, -0.25) is 9.35 Å². The van der Waals surface area contributed by atoms with Gasteiger partial charge in [-0.05, 0) is 24.3 Å². The second kappa shape index (κ2) is 6.61. The summed E-state index contributed by atoms with van der Waals surface area (Å²) in [5.41, 5.74) is -1.15. The van der Waals surface area contributed by atoms with Gasteiger partial charge >= 0.3 is 0 Å². The highest BCUT2D eigenvalue weighted by atomic mass is 79.9. The zero-order valence-electron chi connectivity index (χ0n) is 14.1. The van der Waals surface area contributed by atoms with Crippen LogP contribution in [0.5, 0.6) is 5.75 Å². The first kappa shape index (κ1) is 19.5. The number of benzene rings is 3. The zero-order valence-corrected chi connectivity index (χ0v) is 16.5. The van der Waals surface area contributed by atoms with E-state index in [2.05, 4.69) is 15.9 Å². The van der Waals surface area contributed by atoms with Crippen molar-refractivity contribution in [1.82, 2.24) is 0 Å². The van der Waals surface area contributed by atoms with Gasteiger partial charge in [-0.1, -0.05) is 22.0 Å². The molecule has 10 heteroatoms. The first-order valence-corrected chi connectivity index (χ1v) is 10.2. The summed E-state index contributed by atoms with van der Waals surface area (Å²) in [6.07, 6.45) is 0. The fourth-order valence-corrected chi connectivity index (χ4v) is 4.34. The van der Waals surface area contributed by atoms with Crippen LogP contribution in [0.1, 0.15) is 0 Å². The van der Waals surface area contributed by atoms with Crippen LogP contribution in [0, 0.1) is 11.6 Å². The molecular weight excluding hydrogens is 474 g/mol. The van der Waals surface area contributed by atoms with Crippen molar-refractivity contribution in [2.75, 3.05) is 0 Å². The Balaban J connectivity index is 2.29. The minimum atomic E-state index is -4.74. The lowest BCUT2D eigenvalue weighted by atomic mass is 9.93. The van der Waals surface area contributed by atoms with Crippen LogP contribution < -0.4 is 5.43 Å². The molecule has 0 fully saturated rings. The number of fused-ring (bicyclic) bond motifs is 2. The Morgan fingerprint density at radius 3 is 2.38 bits per heavy atom. The van der Waals surface area contributed by atoms with Crippen LogP contribution in [0.4, 0.5) is 8.78 Å². The summed E-state index contributed by atoms with van der Waals surface area (Å²) < 4.78 is 67.6. The lowest BCUT2D eigenvalue weighted by Gasteiger charge is -2.17. The molecular formula is C19H9BrF2O6S. The first-order chi connectivity index (χ1) is 13.6. The Morgan fingerprint density at radius 2 is 1.69 bits per heavy atom. The molecule has 0 saturated heterocycles. The Bertz CT molecular complexity index is 1450. The van der Waals surface area contributed by atoms with Crippen molar-refractivity contribution < 1.29 is 31.3 Å². The Kier molecular flexibility index (Phi) is 4.45. The molecule has 1 aliphatic heterocycles. The van der Waals surface area contributed by atoms with Gasteiger partial charge in [0.25, 0.3) is 10.1 Å². The molecule has 2 N–H and O–H groups in total. The Labute approximate surface area is 170 Å². The number of halogens is 3. The van der Waals surface area contributed by atoms with Gasteiger partial charge in [0.15, 0.2) is 17.4 Å². The predicted octanol–water partition coefficient (Wildman–Crippen LogP) is 4.56. The van der Waals surface area contributed by atoms with E-state index in [1.54, 1.807) is 0 Å². The quantitative estimate of drug-likeness (QED) is 0.320. The van der Waals surface area contributed by atoms with Crippen molar-refractivity contribution in [2.24, 2.45) is 0 Å². The fourth-order valence-electron chi connectivity index (χ4n) is 3.11. The summed E-state index contributed by atoms with van der Waals surface area (Å²) in [4.78, 5) is 11.2. The molecule has 0 amide bonds. The largest absolute Gasteiger partial charge is 0.505 e. The van der Waals surface area contributed by atoms with Crippen LogP contribution in [0.15, 0.2) is 61.0 Å². The number of phenolic OH excluding ortho intramolecular Hbond substituents is 1. The van der Waals surface area contributed by atoms with Gasteiger partial charge in [-0.2, -0.15) is 8.42 Å². The number of aromatic hydroxyl groups is 1. The average Bonchev–Trinajstić information content (AvgIpc) is 2.62. The average molecular weight is 483 g/mol. The minimum Gasteiger partial charge on any atom is -0.505 e. The van der Waals surface area contributed by atoms with Crippen molar-refractivity contribution >= 4 is 37.0 Å². The van der Waals surface area contributed by atoms with Gasteiger partial charge in [0.05, 0.1) is 0 Å². The maximum Gasteiger partial charge on any atom is 0.295 e. The molecule has 2 aromatic rings. The third-order valence-corrected chi connectivity index (χ3v) is 5.72. The molecule has 2 aromatic carbocycles. The van der Waals surface area contributed by atoms with E-state index in [1.165, 1.54) is 12.1 Å². The van der Waals surface area contributed by atoms with E-state index < -0.39 is 37.8 Å². The van der Waals surface area contributed by atoms with Gasteiger partial charge in [-0.25, -0.2) is 8.78 Å². The third kappa shape index (κ3) is 3.28. The lowest BCUT2D eigenvalue weighted by molar-refractivity contribution is 0.432. The molecule has 148 valence electrons. The second-order valence-electron chi connectivity index (χ2n) is 6.17. The van der Waals surface area contributed by atoms with Crippen LogP contribution in [0.25, 0.3) is 33.4 Å². The molecule has 0 aromatic heterocycles. The number of phenols is 1. The number of hydrogen-bond donors (Lipinski definition) is 2. The van der Waals surface area contributed by atoms with Crippen LogP contribution in [-0.2, 0) is 10.1 Å². The summed E-state index contributed by atoms with van der Waals surface area (Å²) in [5, 5.41) is 9.67. The highest BCUT2D eigenvalue weighted by Crippen LogP contribution is 2.44. The molecule has 4 rings (SSSR count). The smallest absolute Gasteiger partial charge is 0.295 e. The topological polar surface area (TPSA) is 105 Å². The SMILES string of the molecule is O=c1cc2oc3cc(O)c(F)cc3c(-c3ccc(Br)cc3S(=O)(=O)O)c-2cc1F. The lowest BCUT2D eigenvalue weighted by Crippen LogP contribution is -2.07. The van der Waals surface area contributed by atoms with Gasteiger partial charge in [-0.15, -0.1) is 0 Å². The molecule has 29 heavy (non-hydrogen) atoms. The van der Waals surface area contributed by atoms with E-state index in [0.29, 0.717) is 4.47 Å². The molecule has 6 nitrogen and oxygen atoms in total. The molecule has 0 spiro atoms. The summed E-state index contributed by atoms with van der Waals surface area (Å²) in [5.74, 6) is -3.01. The second-order valence-corrected chi connectivity index (χ2v) is 8.48. The van der Waals surface area contributed by atoms with Crippen molar-refractivity contribution in [3.63, 3.8) is 0 Å². The van der Waals surface area contributed by atoms with E-state index in [9.17, 15) is 31.7 Å². The van der Waals surface area contributed by atoms with Crippen LogP contribution in [0.2, 0.25) is 0 Å². The fraction of sp³-hybridized carbons (Fsp3) is 0. The highest BCUT2D eigenvalue weighted by Gasteiger charge is 2.25. The van der Waals surface area contributed by atoms with Crippen molar-refractivity contribution in [3.05, 3.63) is 68.8 Å². The van der Waals surface area contributed by atoms with Crippen LogP contribution in [-0.4, -0.2) is 18.1 Å². The maximum atomic E-state index is 14.1. The van der Waals surface area contributed by atoms with Crippen LogP contribution in [0.3, 0.4) is 0 Å². The molecule has 1 heterocycles. The molecule has 1 aliphatic carbocycles. The van der Waals surface area contributed by atoms with E-state index in [4.69, 9.17) is 4.42 Å². The van der Waals surface area contributed by atoms with E-state index in [-0.39, 0.29) is 33.4 Å². The van der Waals surface area contributed by atoms with Gasteiger partial charge in [0.2, 0.25) is 5.43 Å². The summed E-state index contributed by atoms with van der Waals surface area (Å²) in [6, 6.07) is 7.48. The molecule has 0 radical (unpaired) electrons. The monoisotopic (exact) mass is 482 g/mol. The van der Waals surface area contributed by atoms with Gasteiger partial charge < -0.3 is 9.52 Å². The standard InChI is InChI=1S/C19H9BrF2O6S/c20-8-1-2-9(18(3-8)29(25,26)27)19-10-4-12(21)14(23)6-16(10)28-17-7-15(24)13(22)5-11(17)19/h1-7,23H,(H,25,26,27). The first-order valence-electron chi connectivity index (χ1n) is 7.92. The Hall–Kier alpha value is -2.82. The maximum absolute atomic E-state index is 14.1. The summed E-state index contributed by atoms with van der Waals surface area (Å²) in [7, 11) is -4.74. The minimum absolute atomic E-state index is 0.000764. The Morgan fingerprint density at radius 1 is 0.966 bits per heavy atom. The van der Waals surface area contributed by atoms with Crippen molar-refractivity contribution in [1.29, 1.82) is 0 Å². The highest BCUT2D eigenvalue weighted by molar-refractivity contribution is 9.10. The van der Waals surface area contributed by atoms with E-state index in [1.807, 2.05) is 0 Å². The molecule has 0 bridgehead atoms. The molecule has 2 aliphatic rings. The molecule has 0 atom stereocenters. The van der Waals surface area contributed by atoms with E-state index >= 15 is 0 Å². The zero-order chi connectivity index (χ0) is 21.1. The number of rotatable bonds is 2. The van der Waals surface area contributed by atoms with Gasteiger partial charge in [0.1, 0.15) is 16.2 Å². The van der Waals surface area contributed by atoms with E-state index in [0.717, 1.165) is 30.3 Å². The van der Waals surface area contributed by atoms with Crippen molar-refractivity contribution in [3.8, 4) is 28.2 Å². The predicted molar refractivity (Wildman–Crippen MR) is 104 cm³/mol. The molecule has 0 saturated carbocycles. The number of hydrogen-bond acceptors (Lipinski definition) is 5. The van der Waals surface area contributed by atoms with Crippen molar-refractivity contribution in [2.45, 2.75) is 4.90 Å². The normalized spacial score (nSPS) is 12.0. The van der Waals surface area contributed by atoms with Crippen LogP contribution >= 0.6 is 15.9 Å². The summed E-state index contributed by atoms with van der Waals surface area (Å²) in [6.45, 7) is 0. The summed E-state index contributed by atoms with van der Waals surface area (Å²) >= 11 is 3.11.